The number of ether oxygens (including phenoxy) is 2. The molecular formula is C29H36N2O2. The van der Waals surface area contributed by atoms with Gasteiger partial charge < -0.3 is 14.8 Å². The van der Waals surface area contributed by atoms with Gasteiger partial charge in [0.1, 0.15) is 6.61 Å². The van der Waals surface area contributed by atoms with Crippen LogP contribution in [0.1, 0.15) is 29.5 Å². The number of rotatable bonds is 11. The molecule has 1 N–H and O–H groups in total. The van der Waals surface area contributed by atoms with Crippen LogP contribution in [0.15, 0.2) is 78.9 Å². The van der Waals surface area contributed by atoms with E-state index in [4.69, 9.17) is 9.47 Å². The molecule has 0 saturated carbocycles. The Labute approximate surface area is 198 Å². The number of nitrogens with zero attached hydrogens (tertiary/aromatic N) is 1. The Morgan fingerprint density at radius 2 is 1.52 bits per heavy atom. The SMILES string of the molecule is COc1ccccc1OCCNCc1cccc(CN2CCC(Cc3ccccc3)CC2)c1. The number of likely N-dealkylation sites (tertiary alicyclic amines) is 1. The predicted molar refractivity (Wildman–Crippen MR) is 135 cm³/mol. The normalized spacial score (nSPS) is 14.8. The van der Waals surface area contributed by atoms with E-state index in [1.807, 2.05) is 24.3 Å². The van der Waals surface area contributed by atoms with Crippen molar-refractivity contribution in [1.82, 2.24) is 10.2 Å². The van der Waals surface area contributed by atoms with Crippen molar-refractivity contribution in [2.45, 2.75) is 32.4 Å². The maximum absolute atomic E-state index is 5.84. The van der Waals surface area contributed by atoms with Crippen molar-refractivity contribution < 1.29 is 9.47 Å². The molecule has 4 rings (SSSR count). The zero-order valence-corrected chi connectivity index (χ0v) is 19.7. The third-order valence-electron chi connectivity index (χ3n) is 6.41. The molecule has 0 spiro atoms. The summed E-state index contributed by atoms with van der Waals surface area (Å²) in [5.41, 5.74) is 4.20. The summed E-state index contributed by atoms with van der Waals surface area (Å²) in [6.45, 7) is 5.68. The number of methoxy groups -OCH3 is 1. The maximum atomic E-state index is 5.84. The number of piperidine rings is 1. The van der Waals surface area contributed by atoms with Gasteiger partial charge in [0.15, 0.2) is 11.5 Å². The van der Waals surface area contributed by atoms with Gasteiger partial charge in [0.25, 0.3) is 0 Å². The molecule has 3 aromatic rings. The number of nitrogens with one attached hydrogen (secondary N) is 1. The van der Waals surface area contributed by atoms with Crippen molar-refractivity contribution in [2.24, 2.45) is 5.92 Å². The summed E-state index contributed by atoms with van der Waals surface area (Å²) in [6.07, 6.45) is 3.81. The second-order valence-electron chi connectivity index (χ2n) is 8.91. The van der Waals surface area contributed by atoms with Crippen molar-refractivity contribution in [1.29, 1.82) is 0 Å². The van der Waals surface area contributed by atoms with Crippen LogP contribution in [0.5, 0.6) is 11.5 Å². The van der Waals surface area contributed by atoms with Gasteiger partial charge in [0, 0.05) is 19.6 Å². The quantitative estimate of drug-likeness (QED) is 0.406. The lowest BCUT2D eigenvalue weighted by atomic mass is 9.90. The molecule has 0 atom stereocenters. The average Bonchev–Trinajstić information content (AvgIpc) is 2.86. The summed E-state index contributed by atoms with van der Waals surface area (Å²) < 4.78 is 11.2. The monoisotopic (exact) mass is 444 g/mol. The van der Waals surface area contributed by atoms with Crippen LogP contribution in [0.3, 0.4) is 0 Å². The lowest BCUT2D eigenvalue weighted by Crippen LogP contribution is -2.33. The minimum atomic E-state index is 0.609. The Bertz CT molecular complexity index is 968. The van der Waals surface area contributed by atoms with E-state index in [2.05, 4.69) is 64.8 Å². The van der Waals surface area contributed by atoms with Gasteiger partial charge in [-0.2, -0.15) is 0 Å². The molecule has 4 heteroatoms. The molecule has 0 bridgehead atoms. The van der Waals surface area contributed by atoms with Gasteiger partial charge in [-0.05, 0) is 67.1 Å². The summed E-state index contributed by atoms with van der Waals surface area (Å²) in [7, 11) is 1.67. The van der Waals surface area contributed by atoms with Crippen LogP contribution in [0.25, 0.3) is 0 Å². The number of para-hydroxylation sites is 2. The molecule has 1 fully saturated rings. The van der Waals surface area contributed by atoms with E-state index in [0.717, 1.165) is 37.1 Å². The molecule has 0 aromatic heterocycles. The molecule has 1 heterocycles. The highest BCUT2D eigenvalue weighted by Crippen LogP contribution is 2.25. The van der Waals surface area contributed by atoms with Gasteiger partial charge in [0.2, 0.25) is 0 Å². The fourth-order valence-corrected chi connectivity index (χ4v) is 4.60. The third-order valence-corrected chi connectivity index (χ3v) is 6.41. The molecule has 0 unspecified atom stereocenters. The summed E-state index contributed by atoms with van der Waals surface area (Å²) in [6, 6.07) is 27.7. The fourth-order valence-electron chi connectivity index (χ4n) is 4.60. The first-order valence-corrected chi connectivity index (χ1v) is 12.1. The maximum Gasteiger partial charge on any atom is 0.161 e. The van der Waals surface area contributed by atoms with Gasteiger partial charge in [-0.1, -0.05) is 66.7 Å². The number of hydrogen-bond acceptors (Lipinski definition) is 4. The highest BCUT2D eigenvalue weighted by molar-refractivity contribution is 5.39. The highest BCUT2D eigenvalue weighted by Gasteiger charge is 2.19. The molecule has 0 amide bonds. The van der Waals surface area contributed by atoms with Crippen molar-refractivity contribution in [3.8, 4) is 11.5 Å². The van der Waals surface area contributed by atoms with E-state index in [0.29, 0.717) is 6.61 Å². The molecule has 3 aromatic carbocycles. The lowest BCUT2D eigenvalue weighted by Gasteiger charge is -2.32. The molecule has 1 saturated heterocycles. The standard InChI is InChI=1S/C29H36N2O2/c1-32-28-12-5-6-13-29(28)33-19-16-30-22-26-10-7-11-27(21-26)23-31-17-14-25(15-18-31)20-24-8-3-2-4-9-24/h2-13,21,25,30H,14-20,22-23H2,1H3. The molecule has 174 valence electrons. The number of hydrogen-bond donors (Lipinski definition) is 1. The van der Waals surface area contributed by atoms with Crippen LogP contribution in [-0.4, -0.2) is 38.3 Å². The Balaban J connectivity index is 1.16. The van der Waals surface area contributed by atoms with Crippen LogP contribution in [-0.2, 0) is 19.5 Å². The zero-order valence-electron chi connectivity index (χ0n) is 19.7. The average molecular weight is 445 g/mol. The molecule has 0 radical (unpaired) electrons. The fraction of sp³-hybridized carbons (Fsp3) is 0.379. The summed E-state index contributed by atoms with van der Waals surface area (Å²) >= 11 is 0. The Morgan fingerprint density at radius 1 is 0.818 bits per heavy atom. The minimum absolute atomic E-state index is 0.609. The van der Waals surface area contributed by atoms with Crippen LogP contribution in [0.2, 0.25) is 0 Å². The first-order valence-electron chi connectivity index (χ1n) is 12.1. The van der Waals surface area contributed by atoms with Crippen LogP contribution in [0.4, 0.5) is 0 Å². The van der Waals surface area contributed by atoms with Gasteiger partial charge in [-0.3, -0.25) is 4.90 Å². The van der Waals surface area contributed by atoms with Gasteiger partial charge >= 0.3 is 0 Å². The molecule has 1 aliphatic rings. The number of benzene rings is 3. The van der Waals surface area contributed by atoms with Gasteiger partial charge in [-0.15, -0.1) is 0 Å². The van der Waals surface area contributed by atoms with Crippen LogP contribution < -0.4 is 14.8 Å². The highest BCUT2D eigenvalue weighted by atomic mass is 16.5. The smallest absolute Gasteiger partial charge is 0.161 e. The van der Waals surface area contributed by atoms with Gasteiger partial charge in [0.05, 0.1) is 7.11 Å². The van der Waals surface area contributed by atoms with Crippen molar-refractivity contribution in [3.63, 3.8) is 0 Å². The first-order chi connectivity index (χ1) is 16.3. The zero-order chi connectivity index (χ0) is 22.7. The molecule has 33 heavy (non-hydrogen) atoms. The topological polar surface area (TPSA) is 33.7 Å². The lowest BCUT2D eigenvalue weighted by molar-refractivity contribution is 0.177. The Hall–Kier alpha value is -2.82. The van der Waals surface area contributed by atoms with Crippen LogP contribution in [0, 0.1) is 5.92 Å². The third kappa shape index (κ3) is 7.34. The van der Waals surface area contributed by atoms with Crippen molar-refractivity contribution >= 4 is 0 Å². The Morgan fingerprint density at radius 3 is 2.30 bits per heavy atom. The van der Waals surface area contributed by atoms with E-state index in [1.165, 1.54) is 49.0 Å². The first kappa shape index (κ1) is 23.3. The second-order valence-corrected chi connectivity index (χ2v) is 8.91. The molecular weight excluding hydrogens is 408 g/mol. The molecule has 1 aliphatic heterocycles. The van der Waals surface area contributed by atoms with Crippen molar-refractivity contribution in [2.75, 3.05) is 33.4 Å². The van der Waals surface area contributed by atoms with E-state index in [-0.39, 0.29) is 0 Å². The second kappa shape index (κ2) is 12.4. The van der Waals surface area contributed by atoms with E-state index >= 15 is 0 Å². The summed E-state index contributed by atoms with van der Waals surface area (Å²) in [5.74, 6) is 2.38. The van der Waals surface area contributed by atoms with Gasteiger partial charge in [-0.25, -0.2) is 0 Å². The van der Waals surface area contributed by atoms with E-state index in [9.17, 15) is 0 Å². The van der Waals surface area contributed by atoms with Crippen LogP contribution >= 0.6 is 0 Å². The Kier molecular flexibility index (Phi) is 8.79. The molecule has 0 aliphatic carbocycles. The largest absolute Gasteiger partial charge is 0.493 e. The van der Waals surface area contributed by atoms with E-state index in [1.54, 1.807) is 7.11 Å². The van der Waals surface area contributed by atoms with E-state index < -0.39 is 0 Å². The van der Waals surface area contributed by atoms with Crippen molar-refractivity contribution in [3.05, 3.63) is 95.6 Å². The summed E-state index contributed by atoms with van der Waals surface area (Å²) in [4.78, 5) is 2.61. The predicted octanol–water partition coefficient (Wildman–Crippen LogP) is 5.32. The molecule has 4 nitrogen and oxygen atoms in total. The minimum Gasteiger partial charge on any atom is -0.493 e. The summed E-state index contributed by atoms with van der Waals surface area (Å²) in [5, 5.41) is 3.49.